The van der Waals surface area contributed by atoms with Gasteiger partial charge in [-0.2, -0.15) is 0 Å². The molecule has 3 rings (SSSR count). The third-order valence-electron chi connectivity index (χ3n) is 4.22. The number of benzene rings is 2. The van der Waals surface area contributed by atoms with Gasteiger partial charge in [-0.15, -0.1) is 11.8 Å². The van der Waals surface area contributed by atoms with Crippen molar-refractivity contribution in [2.75, 3.05) is 37.2 Å². The topological polar surface area (TPSA) is 61.4 Å². The van der Waals surface area contributed by atoms with Crippen LogP contribution in [0.5, 0.6) is 0 Å². The molecule has 26 heavy (non-hydrogen) atoms. The number of hydrogen-bond donors (Lipinski definition) is 2. The van der Waals surface area contributed by atoms with Crippen molar-refractivity contribution in [2.45, 2.75) is 11.8 Å². The Labute approximate surface area is 158 Å². The number of thioether (sulfide) groups is 1. The molecule has 1 aliphatic heterocycles. The fourth-order valence-corrected chi connectivity index (χ4v) is 3.63. The molecule has 1 aliphatic rings. The zero-order valence-corrected chi connectivity index (χ0v) is 15.6. The van der Waals surface area contributed by atoms with Crippen LogP contribution >= 0.6 is 11.8 Å². The number of nitrogens with one attached hydrogen (secondary N) is 2. The average Bonchev–Trinajstić information content (AvgIpc) is 2.68. The number of carbonyl (C=O) groups is 2. The van der Waals surface area contributed by atoms with Gasteiger partial charge >= 0.3 is 0 Å². The van der Waals surface area contributed by atoms with Crippen LogP contribution in [0, 0.1) is 6.92 Å². The summed E-state index contributed by atoms with van der Waals surface area (Å²) in [5.74, 6) is 0.219. The highest BCUT2D eigenvalue weighted by molar-refractivity contribution is 8.00. The van der Waals surface area contributed by atoms with Crippen molar-refractivity contribution in [1.29, 1.82) is 0 Å². The van der Waals surface area contributed by atoms with E-state index in [1.54, 1.807) is 0 Å². The molecule has 0 unspecified atom stereocenters. The fraction of sp³-hybridized carbons (Fsp3) is 0.300. The number of rotatable bonds is 5. The van der Waals surface area contributed by atoms with Gasteiger partial charge in [0.25, 0.3) is 5.91 Å². The molecule has 0 saturated carbocycles. The molecular weight excluding hydrogens is 346 g/mol. The van der Waals surface area contributed by atoms with E-state index < -0.39 is 0 Å². The standard InChI is InChI=1S/C20H23N3O2S/c1-15-6-8-16(9-7-15)22-19(24)14-26-18-5-3-2-4-17(18)20(25)23-12-10-21-11-13-23/h2-9,21H,10-14H2,1H3,(H,22,24). The average molecular weight is 369 g/mol. The van der Waals surface area contributed by atoms with Crippen LogP contribution in [0.3, 0.4) is 0 Å². The molecule has 2 amide bonds. The van der Waals surface area contributed by atoms with Crippen molar-refractivity contribution in [1.82, 2.24) is 10.2 Å². The van der Waals surface area contributed by atoms with Gasteiger partial charge in [0.2, 0.25) is 5.91 Å². The maximum atomic E-state index is 12.8. The summed E-state index contributed by atoms with van der Waals surface area (Å²) in [7, 11) is 0. The van der Waals surface area contributed by atoms with E-state index in [9.17, 15) is 9.59 Å². The molecule has 6 heteroatoms. The number of nitrogens with zero attached hydrogens (tertiary/aromatic N) is 1. The van der Waals surface area contributed by atoms with Crippen molar-refractivity contribution in [3.8, 4) is 0 Å². The SMILES string of the molecule is Cc1ccc(NC(=O)CSc2ccccc2C(=O)N2CCNCC2)cc1. The van der Waals surface area contributed by atoms with Crippen molar-refractivity contribution in [3.05, 3.63) is 59.7 Å². The Hall–Kier alpha value is -2.31. The first kappa shape index (κ1) is 18.5. The lowest BCUT2D eigenvalue weighted by Crippen LogP contribution is -2.46. The first-order chi connectivity index (χ1) is 12.6. The van der Waals surface area contributed by atoms with Crippen molar-refractivity contribution < 1.29 is 9.59 Å². The van der Waals surface area contributed by atoms with Crippen molar-refractivity contribution in [2.24, 2.45) is 0 Å². The lowest BCUT2D eigenvalue weighted by atomic mass is 10.2. The van der Waals surface area contributed by atoms with Gasteiger partial charge in [0.05, 0.1) is 11.3 Å². The highest BCUT2D eigenvalue weighted by atomic mass is 32.2. The van der Waals surface area contributed by atoms with Crippen LogP contribution in [0.2, 0.25) is 0 Å². The van der Waals surface area contributed by atoms with Crippen LogP contribution < -0.4 is 10.6 Å². The number of aryl methyl sites for hydroxylation is 1. The lowest BCUT2D eigenvalue weighted by molar-refractivity contribution is -0.113. The summed E-state index contributed by atoms with van der Waals surface area (Å²) in [4.78, 5) is 27.7. The van der Waals surface area contributed by atoms with Gasteiger partial charge in [-0.3, -0.25) is 9.59 Å². The first-order valence-corrected chi connectivity index (χ1v) is 9.70. The molecule has 0 atom stereocenters. The zero-order valence-electron chi connectivity index (χ0n) is 14.8. The quantitative estimate of drug-likeness (QED) is 0.796. The second kappa shape index (κ2) is 8.87. The second-order valence-electron chi connectivity index (χ2n) is 6.24. The third-order valence-corrected chi connectivity index (χ3v) is 5.29. The molecule has 0 aromatic heterocycles. The molecule has 1 fully saturated rings. The predicted octanol–water partition coefficient (Wildman–Crippen LogP) is 2.77. The molecule has 5 nitrogen and oxygen atoms in total. The predicted molar refractivity (Wildman–Crippen MR) is 106 cm³/mol. The number of hydrogen-bond acceptors (Lipinski definition) is 4. The second-order valence-corrected chi connectivity index (χ2v) is 7.26. The highest BCUT2D eigenvalue weighted by Gasteiger charge is 2.20. The maximum Gasteiger partial charge on any atom is 0.255 e. The molecule has 2 aromatic carbocycles. The smallest absolute Gasteiger partial charge is 0.255 e. The number of amides is 2. The van der Waals surface area contributed by atoms with Crippen molar-refractivity contribution in [3.63, 3.8) is 0 Å². The monoisotopic (exact) mass is 369 g/mol. The van der Waals surface area contributed by atoms with E-state index in [1.807, 2.05) is 60.4 Å². The van der Waals surface area contributed by atoms with E-state index in [-0.39, 0.29) is 17.6 Å². The van der Waals surface area contributed by atoms with Gasteiger partial charge in [-0.25, -0.2) is 0 Å². The summed E-state index contributed by atoms with van der Waals surface area (Å²) < 4.78 is 0. The Bertz CT molecular complexity index is 771. The van der Waals surface area contributed by atoms with E-state index in [2.05, 4.69) is 10.6 Å². The molecule has 0 spiro atoms. The number of carbonyl (C=O) groups excluding carboxylic acids is 2. The highest BCUT2D eigenvalue weighted by Crippen LogP contribution is 2.24. The van der Waals surface area contributed by atoms with E-state index in [1.165, 1.54) is 11.8 Å². The Morgan fingerprint density at radius 1 is 1.08 bits per heavy atom. The summed E-state index contributed by atoms with van der Waals surface area (Å²) in [6.45, 7) is 5.07. The summed E-state index contributed by atoms with van der Waals surface area (Å²) in [6, 6.07) is 15.2. The molecule has 0 aliphatic carbocycles. The minimum Gasteiger partial charge on any atom is -0.336 e. The fourth-order valence-electron chi connectivity index (χ4n) is 2.78. The minimum atomic E-state index is -0.0803. The Balaban J connectivity index is 1.61. The normalized spacial score (nSPS) is 14.1. The van der Waals surface area contributed by atoms with Gasteiger partial charge in [-0.1, -0.05) is 29.8 Å². The maximum absolute atomic E-state index is 12.8. The van der Waals surface area contributed by atoms with Crippen molar-refractivity contribution >= 4 is 29.3 Å². The summed E-state index contributed by atoms with van der Waals surface area (Å²) in [5, 5.41) is 6.14. The van der Waals surface area contributed by atoms with Crippen LogP contribution in [0.15, 0.2) is 53.4 Å². The molecule has 0 radical (unpaired) electrons. The number of anilines is 1. The Morgan fingerprint density at radius 3 is 2.50 bits per heavy atom. The molecule has 2 N–H and O–H groups in total. The lowest BCUT2D eigenvalue weighted by Gasteiger charge is -2.28. The van der Waals surface area contributed by atoms with Gasteiger partial charge in [0, 0.05) is 36.8 Å². The Kier molecular flexibility index (Phi) is 6.30. The first-order valence-electron chi connectivity index (χ1n) is 8.72. The molecule has 0 bridgehead atoms. The van der Waals surface area contributed by atoms with E-state index in [0.29, 0.717) is 18.7 Å². The number of piperazine rings is 1. The summed E-state index contributed by atoms with van der Waals surface area (Å²) in [5.41, 5.74) is 2.60. The van der Waals surface area contributed by atoms with Crippen LogP contribution in [0.1, 0.15) is 15.9 Å². The Morgan fingerprint density at radius 2 is 1.77 bits per heavy atom. The van der Waals surface area contributed by atoms with Crippen LogP contribution in [-0.2, 0) is 4.79 Å². The third kappa shape index (κ3) is 4.86. The zero-order chi connectivity index (χ0) is 18.4. The molecule has 136 valence electrons. The van der Waals surface area contributed by atoms with Crippen LogP contribution in [-0.4, -0.2) is 48.6 Å². The van der Waals surface area contributed by atoms with Crippen LogP contribution in [0.25, 0.3) is 0 Å². The van der Waals surface area contributed by atoms with E-state index >= 15 is 0 Å². The molecule has 1 saturated heterocycles. The van der Waals surface area contributed by atoms with Gasteiger partial charge < -0.3 is 15.5 Å². The van der Waals surface area contributed by atoms with Gasteiger partial charge in [0.1, 0.15) is 0 Å². The van der Waals surface area contributed by atoms with E-state index in [4.69, 9.17) is 0 Å². The molecule has 2 aromatic rings. The van der Waals surface area contributed by atoms with Crippen LogP contribution in [0.4, 0.5) is 5.69 Å². The van der Waals surface area contributed by atoms with E-state index in [0.717, 1.165) is 29.2 Å². The minimum absolute atomic E-state index is 0.0357. The van der Waals surface area contributed by atoms with Gasteiger partial charge in [-0.05, 0) is 31.2 Å². The summed E-state index contributed by atoms with van der Waals surface area (Å²) in [6.07, 6.45) is 0. The largest absolute Gasteiger partial charge is 0.336 e. The summed E-state index contributed by atoms with van der Waals surface area (Å²) >= 11 is 1.39. The van der Waals surface area contributed by atoms with Gasteiger partial charge in [0.15, 0.2) is 0 Å². The molecule has 1 heterocycles. The molecular formula is C20H23N3O2S.